The highest BCUT2D eigenvalue weighted by Gasteiger charge is 2.48. The first kappa shape index (κ1) is 30.5. The van der Waals surface area contributed by atoms with Crippen molar-refractivity contribution in [3.8, 4) is 22.8 Å². The quantitative estimate of drug-likeness (QED) is 0.210. The van der Waals surface area contributed by atoms with Gasteiger partial charge in [0.2, 0.25) is 5.91 Å². The molecule has 0 spiro atoms. The maximum Gasteiger partial charge on any atom is 0.322 e. The summed E-state index contributed by atoms with van der Waals surface area (Å²) in [5.41, 5.74) is 4.53. The summed E-state index contributed by atoms with van der Waals surface area (Å²) >= 11 is 0. The minimum atomic E-state index is -0.554. The lowest BCUT2D eigenvalue weighted by atomic mass is 9.80. The van der Waals surface area contributed by atoms with Crippen molar-refractivity contribution in [3.63, 3.8) is 0 Å². The minimum Gasteiger partial charge on any atom is -0.326 e. The Hall–Kier alpha value is -4.80. The second-order valence-corrected chi connectivity index (χ2v) is 13.8. The number of carbonyl (C=O) groups is 2. The molecule has 2 N–H and O–H groups in total. The molecule has 2 aromatic heterocycles. The Morgan fingerprint density at radius 1 is 0.812 bits per heavy atom. The van der Waals surface area contributed by atoms with Crippen LogP contribution in [0.3, 0.4) is 0 Å². The van der Waals surface area contributed by atoms with Crippen LogP contribution in [0.15, 0.2) is 55.0 Å². The van der Waals surface area contributed by atoms with Gasteiger partial charge >= 0.3 is 6.03 Å². The molecule has 2 saturated carbocycles. The SMILES string of the molecule is Cc1ccc(NC(=O)N2C3CCCC2C3)cc1-c1ncc(F)c(CCc2ccc(NC(=O)C3CC4CC4C3)cc2-c2ncc(F)cn2)n1. The molecule has 48 heavy (non-hydrogen) atoms. The van der Waals surface area contributed by atoms with Crippen LogP contribution in [0.5, 0.6) is 0 Å². The average Bonchev–Trinajstić information content (AvgIpc) is 3.70. The molecule has 4 aliphatic rings. The first-order chi connectivity index (χ1) is 23.3. The molecule has 4 heterocycles. The number of nitrogens with zero attached hydrogens (tertiary/aromatic N) is 5. The molecule has 4 unspecified atom stereocenters. The zero-order valence-corrected chi connectivity index (χ0v) is 26.8. The van der Waals surface area contributed by atoms with Gasteiger partial charge in [-0.05, 0) is 112 Å². The number of carbonyl (C=O) groups excluding carboxylic acids is 2. The minimum absolute atomic E-state index is 0.0125. The highest BCUT2D eigenvalue weighted by atomic mass is 19.1. The van der Waals surface area contributed by atoms with E-state index in [0.717, 1.165) is 55.6 Å². The second-order valence-electron chi connectivity index (χ2n) is 13.8. The van der Waals surface area contributed by atoms with Crippen molar-refractivity contribution in [2.75, 3.05) is 10.6 Å². The topological polar surface area (TPSA) is 113 Å². The van der Waals surface area contributed by atoms with E-state index in [1.54, 1.807) is 6.07 Å². The zero-order chi connectivity index (χ0) is 32.9. The number of aryl methyl sites for hydroxylation is 3. The lowest BCUT2D eigenvalue weighted by Crippen LogP contribution is -2.62. The van der Waals surface area contributed by atoms with Gasteiger partial charge < -0.3 is 15.5 Å². The van der Waals surface area contributed by atoms with Crippen LogP contribution in [-0.2, 0) is 17.6 Å². The van der Waals surface area contributed by atoms with Crippen LogP contribution >= 0.6 is 0 Å². The Labute approximate surface area is 277 Å². The van der Waals surface area contributed by atoms with Crippen LogP contribution in [0.2, 0.25) is 0 Å². The first-order valence-corrected chi connectivity index (χ1v) is 16.9. The van der Waals surface area contributed by atoms with Crippen LogP contribution in [0.4, 0.5) is 25.0 Å². The summed E-state index contributed by atoms with van der Waals surface area (Å²) in [5, 5.41) is 6.09. The molecule has 0 radical (unpaired) electrons. The summed E-state index contributed by atoms with van der Waals surface area (Å²) in [5.74, 6) is 1.02. The molecule has 3 amide bonds. The molecule has 246 valence electrons. The average molecular weight is 650 g/mol. The third kappa shape index (κ3) is 6.02. The molecule has 2 bridgehead atoms. The van der Waals surface area contributed by atoms with Crippen LogP contribution in [0.1, 0.15) is 61.8 Å². The van der Waals surface area contributed by atoms with E-state index >= 15 is 4.39 Å². The maximum absolute atomic E-state index is 15.1. The van der Waals surface area contributed by atoms with Gasteiger partial charge in [-0.3, -0.25) is 4.79 Å². The van der Waals surface area contributed by atoms with Crippen LogP contribution < -0.4 is 10.6 Å². The number of aromatic nitrogens is 4. The number of anilines is 2. The number of amides is 3. The van der Waals surface area contributed by atoms with E-state index < -0.39 is 11.6 Å². The van der Waals surface area contributed by atoms with Crippen LogP contribution in [0.25, 0.3) is 22.8 Å². The van der Waals surface area contributed by atoms with E-state index in [2.05, 4.69) is 30.6 Å². The molecule has 4 atom stereocenters. The Morgan fingerprint density at radius 2 is 1.50 bits per heavy atom. The molecule has 2 aromatic carbocycles. The molecular formula is C37H37F2N7O2. The standard InChI is InChI=1S/C37H37F2N7O2/c1-20-5-8-27(44-37(48)46-28-3-2-4-29(46)16-28)14-30(20)35-42-19-32(39)33(45-35)10-7-21-6-9-26(15-31(21)34-40-17-25(38)18-41-34)43-36(47)24-12-22-11-23(22)13-24/h5-6,8-9,14-15,17-19,22-24,28-29H,2-4,7,10-13,16H2,1H3,(H,43,47)(H,44,48). The highest BCUT2D eigenvalue weighted by molar-refractivity contribution is 5.94. The van der Waals surface area contributed by atoms with E-state index in [4.69, 9.17) is 0 Å². The van der Waals surface area contributed by atoms with Gasteiger partial charge in [0.15, 0.2) is 23.3 Å². The van der Waals surface area contributed by atoms with E-state index in [0.29, 0.717) is 64.5 Å². The molecule has 2 aliphatic heterocycles. The number of rotatable bonds is 8. The van der Waals surface area contributed by atoms with Crippen molar-refractivity contribution < 1.29 is 18.4 Å². The lowest BCUT2D eigenvalue weighted by Gasteiger charge is -2.52. The largest absolute Gasteiger partial charge is 0.326 e. The number of halogens is 2. The molecular weight excluding hydrogens is 612 g/mol. The number of nitrogens with one attached hydrogen (secondary N) is 2. The van der Waals surface area contributed by atoms with Crippen molar-refractivity contribution in [1.29, 1.82) is 0 Å². The molecule has 8 rings (SSSR count). The Bertz CT molecular complexity index is 1880. The van der Waals surface area contributed by atoms with Gasteiger partial charge in [0.25, 0.3) is 0 Å². The van der Waals surface area contributed by atoms with E-state index in [1.165, 1.54) is 19.0 Å². The molecule has 4 aromatic rings. The predicted octanol–water partition coefficient (Wildman–Crippen LogP) is 7.12. The van der Waals surface area contributed by atoms with Gasteiger partial charge in [0.1, 0.15) is 0 Å². The van der Waals surface area contributed by atoms with Gasteiger partial charge in [-0.15, -0.1) is 0 Å². The molecule has 2 aliphatic carbocycles. The summed E-state index contributed by atoms with van der Waals surface area (Å²) in [6, 6.07) is 11.7. The molecule has 2 saturated heterocycles. The third-order valence-electron chi connectivity index (χ3n) is 10.7. The number of benzene rings is 2. The lowest BCUT2D eigenvalue weighted by molar-refractivity contribution is -0.120. The summed E-state index contributed by atoms with van der Waals surface area (Å²) in [4.78, 5) is 45.3. The monoisotopic (exact) mass is 649 g/mol. The van der Waals surface area contributed by atoms with Crippen molar-refractivity contribution in [3.05, 3.63) is 83.4 Å². The first-order valence-electron chi connectivity index (χ1n) is 16.9. The van der Waals surface area contributed by atoms with Gasteiger partial charge in [0, 0.05) is 40.5 Å². The predicted molar refractivity (Wildman–Crippen MR) is 177 cm³/mol. The van der Waals surface area contributed by atoms with Crippen molar-refractivity contribution in [2.24, 2.45) is 17.8 Å². The number of piperidine rings is 1. The number of urea groups is 1. The number of fused-ring (bicyclic) bond motifs is 3. The smallest absolute Gasteiger partial charge is 0.322 e. The van der Waals surface area contributed by atoms with Crippen molar-refractivity contribution in [1.82, 2.24) is 24.8 Å². The summed E-state index contributed by atoms with van der Waals surface area (Å²) in [7, 11) is 0. The van der Waals surface area contributed by atoms with Crippen LogP contribution in [-0.4, -0.2) is 48.9 Å². The van der Waals surface area contributed by atoms with Crippen molar-refractivity contribution >= 4 is 23.3 Å². The fourth-order valence-electron chi connectivity index (χ4n) is 7.93. The fraction of sp³-hybridized carbons (Fsp3) is 0.405. The van der Waals surface area contributed by atoms with Gasteiger partial charge in [-0.1, -0.05) is 12.1 Å². The van der Waals surface area contributed by atoms with Crippen LogP contribution in [0, 0.1) is 36.3 Å². The Balaban J connectivity index is 1.01. The Kier molecular flexibility index (Phi) is 7.85. The fourth-order valence-corrected chi connectivity index (χ4v) is 7.93. The van der Waals surface area contributed by atoms with Crippen molar-refractivity contribution in [2.45, 2.75) is 76.8 Å². The second kappa shape index (κ2) is 12.3. The van der Waals surface area contributed by atoms with E-state index in [-0.39, 0.29) is 30.0 Å². The van der Waals surface area contributed by atoms with Gasteiger partial charge in [-0.25, -0.2) is 33.5 Å². The highest BCUT2D eigenvalue weighted by Crippen LogP contribution is 2.54. The summed E-state index contributed by atoms with van der Waals surface area (Å²) < 4.78 is 28.9. The molecule has 4 fully saturated rings. The van der Waals surface area contributed by atoms with E-state index in [1.807, 2.05) is 42.2 Å². The normalized spacial score (nSPS) is 23.6. The summed E-state index contributed by atoms with van der Waals surface area (Å²) in [6.07, 6.45) is 11.5. The maximum atomic E-state index is 15.1. The van der Waals surface area contributed by atoms with Gasteiger partial charge in [0.05, 0.1) is 24.3 Å². The number of hydrogen-bond acceptors (Lipinski definition) is 6. The van der Waals surface area contributed by atoms with Gasteiger partial charge in [-0.2, -0.15) is 0 Å². The molecule has 11 heteroatoms. The molecule has 9 nitrogen and oxygen atoms in total. The third-order valence-corrected chi connectivity index (χ3v) is 10.7. The zero-order valence-electron chi connectivity index (χ0n) is 26.8. The van der Waals surface area contributed by atoms with E-state index in [9.17, 15) is 14.0 Å². The Morgan fingerprint density at radius 3 is 2.25 bits per heavy atom. The number of hydrogen-bond donors (Lipinski definition) is 2. The summed E-state index contributed by atoms with van der Waals surface area (Å²) in [6.45, 7) is 1.93.